The summed E-state index contributed by atoms with van der Waals surface area (Å²) in [5.74, 6) is 3.23. The number of benzene rings is 1. The maximum Gasteiger partial charge on any atom is 0.333 e. The third-order valence-electron chi connectivity index (χ3n) is 6.11. The smallest absolute Gasteiger partial charge is 0.333 e. The van der Waals surface area contributed by atoms with Crippen LogP contribution in [0.15, 0.2) is 36.6 Å². The fourth-order valence-corrected chi connectivity index (χ4v) is 5.59. The van der Waals surface area contributed by atoms with E-state index in [4.69, 9.17) is 4.74 Å². The summed E-state index contributed by atoms with van der Waals surface area (Å²) in [6, 6.07) is 8.51. The van der Waals surface area contributed by atoms with Crippen molar-refractivity contribution in [2.24, 2.45) is 17.8 Å². The van der Waals surface area contributed by atoms with Gasteiger partial charge in [-0.2, -0.15) is 0 Å². The Morgan fingerprint density at radius 2 is 1.61 bits per heavy atom. The summed E-state index contributed by atoms with van der Waals surface area (Å²) >= 11 is 0. The number of esters is 1. The average Bonchev–Trinajstić information content (AvgIpc) is 2.54. The molecule has 0 heterocycles. The standard InChI is InChI=1S/C20H24O3/c1-22-19(21)6-7-23-18-4-2-17(3-5-18)20-11-14-8-15(12-20)10-16(9-14)13-20/h2-7,14-16H,8-13H2,1H3. The molecular formula is C20H24O3. The van der Waals surface area contributed by atoms with Crippen LogP contribution in [0.25, 0.3) is 0 Å². The highest BCUT2D eigenvalue weighted by Gasteiger charge is 2.51. The summed E-state index contributed by atoms with van der Waals surface area (Å²) < 4.78 is 10.0. The highest BCUT2D eigenvalue weighted by atomic mass is 16.5. The van der Waals surface area contributed by atoms with Gasteiger partial charge in [0, 0.05) is 0 Å². The van der Waals surface area contributed by atoms with Crippen LogP contribution in [0.4, 0.5) is 0 Å². The molecule has 4 bridgehead atoms. The molecule has 3 nitrogen and oxygen atoms in total. The van der Waals surface area contributed by atoms with E-state index in [1.165, 1.54) is 63.5 Å². The van der Waals surface area contributed by atoms with Crippen LogP contribution < -0.4 is 4.74 Å². The van der Waals surface area contributed by atoms with E-state index in [1.807, 2.05) is 12.1 Å². The van der Waals surface area contributed by atoms with Gasteiger partial charge in [0.25, 0.3) is 0 Å². The van der Waals surface area contributed by atoms with Crippen molar-refractivity contribution < 1.29 is 14.3 Å². The molecular weight excluding hydrogens is 288 g/mol. The minimum atomic E-state index is -0.407. The first-order chi connectivity index (χ1) is 11.2. The molecule has 3 heteroatoms. The number of rotatable bonds is 4. The number of methoxy groups -OCH3 is 1. The molecule has 4 aliphatic carbocycles. The van der Waals surface area contributed by atoms with Gasteiger partial charge in [0.1, 0.15) is 5.75 Å². The summed E-state index contributed by atoms with van der Waals surface area (Å²) in [5.41, 5.74) is 1.91. The number of ether oxygens (including phenoxy) is 2. The Morgan fingerprint density at radius 1 is 1.04 bits per heavy atom. The third-order valence-corrected chi connectivity index (χ3v) is 6.11. The van der Waals surface area contributed by atoms with Gasteiger partial charge in [-0.1, -0.05) is 12.1 Å². The van der Waals surface area contributed by atoms with E-state index < -0.39 is 5.97 Å². The average molecular weight is 312 g/mol. The molecule has 23 heavy (non-hydrogen) atoms. The van der Waals surface area contributed by atoms with E-state index in [0.29, 0.717) is 5.41 Å². The molecule has 0 aromatic heterocycles. The molecule has 0 unspecified atom stereocenters. The Bertz CT molecular complexity index is 579. The van der Waals surface area contributed by atoms with Crippen molar-refractivity contribution in [2.45, 2.75) is 43.9 Å². The van der Waals surface area contributed by atoms with Gasteiger partial charge in [-0.25, -0.2) is 4.79 Å². The summed E-state index contributed by atoms with van der Waals surface area (Å²) in [4.78, 5) is 11.0. The number of carbonyl (C=O) groups is 1. The number of hydrogen-bond donors (Lipinski definition) is 0. The molecule has 4 aliphatic rings. The van der Waals surface area contributed by atoms with Gasteiger partial charge in [0.15, 0.2) is 0 Å². The Labute approximate surface area is 137 Å². The molecule has 4 fully saturated rings. The summed E-state index contributed by atoms with van der Waals surface area (Å²) in [6.45, 7) is 0. The van der Waals surface area contributed by atoms with Gasteiger partial charge >= 0.3 is 5.97 Å². The van der Waals surface area contributed by atoms with E-state index in [1.54, 1.807) is 0 Å². The first-order valence-corrected chi connectivity index (χ1v) is 8.68. The van der Waals surface area contributed by atoms with Crippen LogP contribution in [0, 0.1) is 17.8 Å². The zero-order chi connectivity index (χ0) is 15.9. The topological polar surface area (TPSA) is 35.5 Å². The van der Waals surface area contributed by atoms with Crippen LogP contribution >= 0.6 is 0 Å². The normalized spacial score (nSPS) is 34.7. The van der Waals surface area contributed by atoms with Gasteiger partial charge in [0.05, 0.1) is 19.4 Å². The van der Waals surface area contributed by atoms with Crippen molar-refractivity contribution in [1.29, 1.82) is 0 Å². The Hall–Kier alpha value is -1.77. The lowest BCUT2D eigenvalue weighted by atomic mass is 9.48. The SMILES string of the molecule is COC(=O)C=COc1ccc(C23CC4CC(CC(C4)C2)C3)cc1. The van der Waals surface area contributed by atoms with E-state index in [9.17, 15) is 4.79 Å². The lowest BCUT2D eigenvalue weighted by molar-refractivity contribution is -0.134. The second-order valence-corrected chi connectivity index (χ2v) is 7.67. The predicted octanol–water partition coefficient (Wildman–Crippen LogP) is 4.22. The Kier molecular flexibility index (Phi) is 3.67. The molecule has 0 radical (unpaired) electrons. The van der Waals surface area contributed by atoms with Crippen molar-refractivity contribution in [3.05, 3.63) is 42.2 Å². The van der Waals surface area contributed by atoms with Gasteiger partial charge in [-0.05, 0) is 79.4 Å². The number of carbonyl (C=O) groups excluding carboxylic acids is 1. The summed E-state index contributed by atoms with van der Waals surface area (Å²) in [7, 11) is 1.35. The van der Waals surface area contributed by atoms with Crippen LogP contribution in [-0.4, -0.2) is 13.1 Å². The highest BCUT2D eigenvalue weighted by molar-refractivity contribution is 5.81. The Morgan fingerprint density at radius 3 is 2.13 bits per heavy atom. The van der Waals surface area contributed by atoms with Gasteiger partial charge in [-0.3, -0.25) is 0 Å². The molecule has 0 saturated heterocycles. The first-order valence-electron chi connectivity index (χ1n) is 8.68. The highest BCUT2D eigenvalue weighted by Crippen LogP contribution is 2.60. The molecule has 0 amide bonds. The van der Waals surface area contributed by atoms with Crippen LogP contribution in [0.3, 0.4) is 0 Å². The summed E-state index contributed by atoms with van der Waals surface area (Å²) in [5, 5.41) is 0. The predicted molar refractivity (Wildman–Crippen MR) is 88.1 cm³/mol. The lowest BCUT2D eigenvalue weighted by Gasteiger charge is -2.57. The maximum absolute atomic E-state index is 11.0. The fraction of sp³-hybridized carbons (Fsp3) is 0.550. The minimum Gasteiger partial charge on any atom is -0.466 e. The molecule has 0 N–H and O–H groups in total. The van der Waals surface area contributed by atoms with Crippen molar-refractivity contribution in [3.63, 3.8) is 0 Å². The summed E-state index contributed by atoms with van der Waals surface area (Å²) in [6.07, 6.45) is 11.2. The quantitative estimate of drug-likeness (QED) is 0.474. The molecule has 122 valence electrons. The maximum atomic E-state index is 11.0. The van der Waals surface area contributed by atoms with Gasteiger partial charge < -0.3 is 9.47 Å². The van der Waals surface area contributed by atoms with Crippen molar-refractivity contribution in [1.82, 2.24) is 0 Å². The van der Waals surface area contributed by atoms with Crippen molar-refractivity contribution in [2.75, 3.05) is 7.11 Å². The molecule has 0 spiro atoms. The molecule has 0 aliphatic heterocycles. The number of hydrogen-bond acceptors (Lipinski definition) is 3. The molecule has 1 aromatic rings. The monoisotopic (exact) mass is 312 g/mol. The van der Waals surface area contributed by atoms with E-state index in [0.717, 1.165) is 23.5 Å². The molecule has 0 atom stereocenters. The second-order valence-electron chi connectivity index (χ2n) is 7.67. The van der Waals surface area contributed by atoms with Crippen LogP contribution in [0.5, 0.6) is 5.75 Å². The van der Waals surface area contributed by atoms with E-state index in [-0.39, 0.29) is 0 Å². The van der Waals surface area contributed by atoms with E-state index in [2.05, 4.69) is 16.9 Å². The third kappa shape index (κ3) is 2.77. The molecule has 5 rings (SSSR count). The molecule has 1 aromatic carbocycles. The lowest BCUT2D eigenvalue weighted by Crippen LogP contribution is -2.48. The van der Waals surface area contributed by atoms with E-state index >= 15 is 0 Å². The largest absolute Gasteiger partial charge is 0.466 e. The minimum absolute atomic E-state index is 0.407. The van der Waals surface area contributed by atoms with Crippen LogP contribution in [-0.2, 0) is 14.9 Å². The van der Waals surface area contributed by atoms with Gasteiger partial charge in [-0.15, -0.1) is 0 Å². The van der Waals surface area contributed by atoms with Crippen molar-refractivity contribution in [3.8, 4) is 5.75 Å². The Balaban J connectivity index is 1.48. The first kappa shape index (κ1) is 14.8. The molecule has 4 saturated carbocycles. The zero-order valence-electron chi connectivity index (χ0n) is 13.7. The van der Waals surface area contributed by atoms with Crippen LogP contribution in [0.1, 0.15) is 44.1 Å². The second kappa shape index (κ2) is 5.70. The van der Waals surface area contributed by atoms with Crippen LogP contribution in [0.2, 0.25) is 0 Å². The fourth-order valence-electron chi connectivity index (χ4n) is 5.59. The van der Waals surface area contributed by atoms with Crippen molar-refractivity contribution >= 4 is 5.97 Å². The zero-order valence-corrected chi connectivity index (χ0v) is 13.7. The van der Waals surface area contributed by atoms with Gasteiger partial charge in [0.2, 0.25) is 0 Å².